The van der Waals surface area contributed by atoms with Crippen molar-refractivity contribution >= 4 is 5.91 Å². The third kappa shape index (κ3) is 3.73. The van der Waals surface area contributed by atoms with Gasteiger partial charge in [0.05, 0.1) is 5.54 Å². The molecule has 0 spiro atoms. The SMILES string of the molecule is CCN(Cc1ccc(F)c(F)c1)C(=O)C(C)(N)CC. The summed E-state index contributed by atoms with van der Waals surface area (Å²) in [5, 5.41) is 0. The maximum Gasteiger partial charge on any atom is 0.242 e. The first-order valence-corrected chi connectivity index (χ1v) is 6.34. The van der Waals surface area contributed by atoms with Crippen LogP contribution in [0, 0.1) is 11.6 Å². The maximum absolute atomic E-state index is 13.1. The standard InChI is InChI=1S/C14H20F2N2O/c1-4-14(3,17)13(19)18(5-2)9-10-6-7-11(15)12(16)8-10/h6-8H,4-5,9,17H2,1-3H3. The smallest absolute Gasteiger partial charge is 0.242 e. The van der Waals surface area contributed by atoms with Crippen LogP contribution in [0.5, 0.6) is 0 Å². The van der Waals surface area contributed by atoms with Gasteiger partial charge in [0.25, 0.3) is 0 Å². The molecule has 0 heterocycles. The highest BCUT2D eigenvalue weighted by Gasteiger charge is 2.30. The van der Waals surface area contributed by atoms with Crippen LogP contribution < -0.4 is 5.73 Å². The molecule has 5 heteroatoms. The number of carbonyl (C=O) groups excluding carboxylic acids is 1. The van der Waals surface area contributed by atoms with Crippen molar-refractivity contribution in [3.8, 4) is 0 Å². The summed E-state index contributed by atoms with van der Waals surface area (Å²) in [6, 6.07) is 3.63. The molecule has 0 aromatic heterocycles. The Bertz CT molecular complexity index is 461. The van der Waals surface area contributed by atoms with Gasteiger partial charge in [-0.05, 0) is 38.0 Å². The van der Waals surface area contributed by atoms with Crippen LogP contribution in [0.2, 0.25) is 0 Å². The number of rotatable bonds is 5. The van der Waals surface area contributed by atoms with Gasteiger partial charge in [0.15, 0.2) is 11.6 Å². The van der Waals surface area contributed by atoms with Crippen molar-refractivity contribution in [3.05, 3.63) is 35.4 Å². The summed E-state index contributed by atoms with van der Waals surface area (Å²) < 4.78 is 26.0. The normalized spacial score (nSPS) is 14.0. The molecular weight excluding hydrogens is 250 g/mol. The van der Waals surface area contributed by atoms with Crippen LogP contribution in [0.4, 0.5) is 8.78 Å². The minimum atomic E-state index is -0.936. The van der Waals surface area contributed by atoms with E-state index >= 15 is 0 Å². The molecule has 3 nitrogen and oxygen atoms in total. The Morgan fingerprint density at radius 3 is 2.42 bits per heavy atom. The first-order valence-electron chi connectivity index (χ1n) is 6.34. The quantitative estimate of drug-likeness (QED) is 0.893. The molecule has 1 unspecified atom stereocenters. The van der Waals surface area contributed by atoms with E-state index in [0.717, 1.165) is 12.1 Å². The highest BCUT2D eigenvalue weighted by Crippen LogP contribution is 2.15. The molecule has 0 radical (unpaired) electrons. The van der Waals surface area contributed by atoms with Crippen LogP contribution in [-0.2, 0) is 11.3 Å². The number of amides is 1. The second-order valence-corrected chi connectivity index (χ2v) is 4.84. The molecule has 1 aromatic rings. The van der Waals surface area contributed by atoms with Gasteiger partial charge < -0.3 is 10.6 Å². The van der Waals surface area contributed by atoms with E-state index < -0.39 is 17.2 Å². The molecule has 0 aliphatic carbocycles. The fourth-order valence-electron chi connectivity index (χ4n) is 1.70. The van der Waals surface area contributed by atoms with Gasteiger partial charge in [-0.15, -0.1) is 0 Å². The van der Waals surface area contributed by atoms with E-state index in [1.165, 1.54) is 11.0 Å². The van der Waals surface area contributed by atoms with Gasteiger partial charge >= 0.3 is 0 Å². The number of hydrogen-bond acceptors (Lipinski definition) is 2. The molecule has 0 aliphatic rings. The number of nitrogens with zero attached hydrogens (tertiary/aromatic N) is 1. The van der Waals surface area contributed by atoms with Crippen molar-refractivity contribution < 1.29 is 13.6 Å². The van der Waals surface area contributed by atoms with Crippen molar-refractivity contribution in [2.24, 2.45) is 5.73 Å². The molecule has 0 aliphatic heterocycles. The Morgan fingerprint density at radius 2 is 1.95 bits per heavy atom. The van der Waals surface area contributed by atoms with Crippen LogP contribution in [-0.4, -0.2) is 22.9 Å². The minimum absolute atomic E-state index is 0.192. The van der Waals surface area contributed by atoms with Crippen LogP contribution in [0.1, 0.15) is 32.8 Å². The molecular formula is C14H20F2N2O. The zero-order valence-electron chi connectivity index (χ0n) is 11.5. The Hall–Kier alpha value is -1.49. The monoisotopic (exact) mass is 270 g/mol. The van der Waals surface area contributed by atoms with Crippen LogP contribution >= 0.6 is 0 Å². The van der Waals surface area contributed by atoms with Crippen molar-refractivity contribution in [1.82, 2.24) is 4.90 Å². The van der Waals surface area contributed by atoms with E-state index in [2.05, 4.69) is 0 Å². The van der Waals surface area contributed by atoms with Gasteiger partial charge in [-0.25, -0.2) is 8.78 Å². The van der Waals surface area contributed by atoms with E-state index in [0.29, 0.717) is 18.5 Å². The second-order valence-electron chi connectivity index (χ2n) is 4.84. The fourth-order valence-corrected chi connectivity index (χ4v) is 1.70. The van der Waals surface area contributed by atoms with Crippen molar-refractivity contribution in [2.45, 2.75) is 39.3 Å². The largest absolute Gasteiger partial charge is 0.337 e. The predicted octanol–water partition coefficient (Wildman–Crippen LogP) is 2.44. The molecule has 106 valence electrons. The molecule has 0 fully saturated rings. The first kappa shape index (κ1) is 15.6. The second kappa shape index (κ2) is 6.10. The fraction of sp³-hybridized carbons (Fsp3) is 0.500. The maximum atomic E-state index is 13.1. The molecule has 1 rings (SSSR count). The van der Waals surface area contributed by atoms with Gasteiger partial charge in [0.2, 0.25) is 5.91 Å². The van der Waals surface area contributed by atoms with Gasteiger partial charge in [-0.1, -0.05) is 13.0 Å². The van der Waals surface area contributed by atoms with E-state index in [1.807, 2.05) is 13.8 Å². The molecule has 1 aromatic carbocycles. The predicted molar refractivity (Wildman–Crippen MR) is 70.3 cm³/mol. The summed E-state index contributed by atoms with van der Waals surface area (Å²) in [5.74, 6) is -2.00. The number of benzene rings is 1. The van der Waals surface area contributed by atoms with E-state index in [1.54, 1.807) is 6.92 Å². The number of hydrogen-bond donors (Lipinski definition) is 1. The molecule has 1 amide bonds. The Labute approximate surface area is 112 Å². The summed E-state index contributed by atoms with van der Waals surface area (Å²) in [7, 11) is 0. The van der Waals surface area contributed by atoms with Crippen molar-refractivity contribution in [1.29, 1.82) is 0 Å². The molecule has 2 N–H and O–H groups in total. The van der Waals surface area contributed by atoms with Crippen molar-refractivity contribution in [3.63, 3.8) is 0 Å². The summed E-state index contributed by atoms with van der Waals surface area (Å²) in [6.45, 7) is 6.01. The van der Waals surface area contributed by atoms with E-state index in [4.69, 9.17) is 5.73 Å². The highest BCUT2D eigenvalue weighted by atomic mass is 19.2. The zero-order valence-corrected chi connectivity index (χ0v) is 11.5. The molecule has 19 heavy (non-hydrogen) atoms. The number of likely N-dealkylation sites (N-methyl/N-ethyl adjacent to an activating group) is 1. The molecule has 1 atom stereocenters. The summed E-state index contributed by atoms with van der Waals surface area (Å²) >= 11 is 0. The summed E-state index contributed by atoms with van der Waals surface area (Å²) in [4.78, 5) is 13.8. The first-order chi connectivity index (χ1) is 8.81. The van der Waals surface area contributed by atoms with Crippen LogP contribution in [0.3, 0.4) is 0 Å². The van der Waals surface area contributed by atoms with Crippen LogP contribution in [0.25, 0.3) is 0 Å². The Balaban J connectivity index is 2.88. The average Bonchev–Trinajstić information content (AvgIpc) is 2.39. The topological polar surface area (TPSA) is 46.3 Å². The van der Waals surface area contributed by atoms with Gasteiger partial charge in [0, 0.05) is 13.1 Å². The van der Waals surface area contributed by atoms with Gasteiger partial charge in [-0.3, -0.25) is 4.79 Å². The van der Waals surface area contributed by atoms with Crippen LogP contribution in [0.15, 0.2) is 18.2 Å². The van der Waals surface area contributed by atoms with E-state index in [9.17, 15) is 13.6 Å². The van der Waals surface area contributed by atoms with Crippen molar-refractivity contribution in [2.75, 3.05) is 6.54 Å². The number of halogens is 2. The Morgan fingerprint density at radius 1 is 1.32 bits per heavy atom. The average molecular weight is 270 g/mol. The lowest BCUT2D eigenvalue weighted by atomic mass is 9.98. The summed E-state index contributed by atoms with van der Waals surface area (Å²) in [5.41, 5.74) is 5.53. The van der Waals surface area contributed by atoms with Gasteiger partial charge in [0.1, 0.15) is 0 Å². The van der Waals surface area contributed by atoms with E-state index in [-0.39, 0.29) is 12.5 Å². The third-order valence-electron chi connectivity index (χ3n) is 3.25. The number of carbonyl (C=O) groups is 1. The molecule has 0 saturated heterocycles. The third-order valence-corrected chi connectivity index (χ3v) is 3.25. The lowest BCUT2D eigenvalue weighted by Gasteiger charge is -2.30. The molecule has 0 bridgehead atoms. The van der Waals surface area contributed by atoms with Gasteiger partial charge in [-0.2, -0.15) is 0 Å². The Kier molecular flexibility index (Phi) is 5.00. The lowest BCUT2D eigenvalue weighted by molar-refractivity contribution is -0.137. The zero-order chi connectivity index (χ0) is 14.6. The summed E-state index contributed by atoms with van der Waals surface area (Å²) in [6.07, 6.45) is 0.514. The lowest BCUT2D eigenvalue weighted by Crippen LogP contribution is -2.52. The minimum Gasteiger partial charge on any atom is -0.337 e. The number of nitrogens with two attached hydrogens (primary N) is 1. The molecule has 0 saturated carbocycles. The highest BCUT2D eigenvalue weighted by molar-refractivity contribution is 5.85.